The molecule has 1 aliphatic rings. The van der Waals surface area contributed by atoms with Crippen LogP contribution in [0.3, 0.4) is 0 Å². The Morgan fingerprint density at radius 3 is 2.86 bits per heavy atom. The lowest BCUT2D eigenvalue weighted by molar-refractivity contribution is 0.0906. The van der Waals surface area contributed by atoms with E-state index in [2.05, 4.69) is 63.1 Å². The molecule has 0 saturated carbocycles. The third kappa shape index (κ3) is 4.77. The first-order chi connectivity index (χ1) is 14.2. The molecule has 1 unspecified atom stereocenters. The number of aromatic nitrogens is 2. The van der Waals surface area contributed by atoms with Crippen LogP contribution in [0.1, 0.15) is 23.4 Å². The van der Waals surface area contributed by atoms with Crippen LogP contribution < -0.4 is 5.32 Å². The van der Waals surface area contributed by atoms with Gasteiger partial charge in [-0.1, -0.05) is 36.4 Å². The zero-order chi connectivity index (χ0) is 20.1. The van der Waals surface area contributed by atoms with E-state index in [1.54, 1.807) is 0 Å². The smallest absolute Gasteiger partial charge is 0.193 e. The molecule has 0 aliphatic carbocycles. The highest BCUT2D eigenvalue weighted by Crippen LogP contribution is 2.17. The number of nitrogens with zero attached hydrogens (tertiary/aromatic N) is 4. The van der Waals surface area contributed by atoms with Crippen molar-refractivity contribution in [1.82, 2.24) is 19.6 Å². The van der Waals surface area contributed by atoms with E-state index in [0.717, 1.165) is 43.4 Å². The second-order valence-electron chi connectivity index (χ2n) is 7.63. The summed E-state index contributed by atoms with van der Waals surface area (Å²) in [6.07, 6.45) is 3.22. The van der Waals surface area contributed by atoms with E-state index in [9.17, 15) is 0 Å². The average Bonchev–Trinajstić information content (AvgIpc) is 3.37. The molecule has 1 N–H and O–H groups in total. The molecule has 1 aliphatic heterocycles. The summed E-state index contributed by atoms with van der Waals surface area (Å²) in [5, 5.41) is 3.47. The van der Waals surface area contributed by atoms with Crippen molar-refractivity contribution in [2.45, 2.75) is 26.5 Å². The third-order valence-electron chi connectivity index (χ3n) is 5.44. The van der Waals surface area contributed by atoms with Gasteiger partial charge < -0.3 is 19.4 Å². The summed E-state index contributed by atoms with van der Waals surface area (Å²) < 4.78 is 8.06. The van der Waals surface area contributed by atoms with Crippen LogP contribution in [-0.4, -0.2) is 47.0 Å². The van der Waals surface area contributed by atoms with Gasteiger partial charge in [0.2, 0.25) is 0 Å². The summed E-state index contributed by atoms with van der Waals surface area (Å²) in [6.45, 7) is 6.20. The predicted octanol–water partition coefficient (Wildman–Crippen LogP) is 3.26. The van der Waals surface area contributed by atoms with Crippen molar-refractivity contribution in [3.63, 3.8) is 0 Å². The standard InChI is InChI=1S/C23H29N5O/c1-18-7-6-10-22-26-21(15-28(18)22)13-25-23(24-2)27-12-11-20(14-27)17-29-16-19-8-4-3-5-9-19/h3-10,15,20H,11-14,16-17H2,1-2H3,(H,24,25). The van der Waals surface area contributed by atoms with Crippen LogP contribution in [-0.2, 0) is 17.9 Å². The van der Waals surface area contributed by atoms with Gasteiger partial charge in [0.1, 0.15) is 5.65 Å². The molecule has 1 atom stereocenters. The van der Waals surface area contributed by atoms with Gasteiger partial charge in [-0.3, -0.25) is 4.99 Å². The average molecular weight is 392 g/mol. The Labute approximate surface area is 172 Å². The van der Waals surface area contributed by atoms with Crippen molar-refractivity contribution in [2.24, 2.45) is 10.9 Å². The SMILES string of the molecule is CN=C(NCc1cn2c(C)cccc2n1)N1CCC(COCc2ccccc2)C1. The normalized spacial score (nSPS) is 17.2. The van der Waals surface area contributed by atoms with Crippen LogP contribution >= 0.6 is 0 Å². The highest BCUT2D eigenvalue weighted by Gasteiger charge is 2.25. The molecule has 1 saturated heterocycles. The molecule has 3 aromatic rings. The van der Waals surface area contributed by atoms with E-state index in [1.807, 2.05) is 25.2 Å². The monoisotopic (exact) mass is 391 g/mol. The van der Waals surface area contributed by atoms with Crippen LogP contribution in [0.4, 0.5) is 0 Å². The minimum Gasteiger partial charge on any atom is -0.376 e. The van der Waals surface area contributed by atoms with E-state index < -0.39 is 0 Å². The Balaban J connectivity index is 1.26. The highest BCUT2D eigenvalue weighted by molar-refractivity contribution is 5.80. The molecule has 3 heterocycles. The Bertz CT molecular complexity index is 966. The first kappa shape index (κ1) is 19.5. The fourth-order valence-electron chi connectivity index (χ4n) is 3.86. The summed E-state index contributed by atoms with van der Waals surface area (Å²) in [4.78, 5) is 11.5. The molecular weight excluding hydrogens is 362 g/mol. The summed E-state index contributed by atoms with van der Waals surface area (Å²) >= 11 is 0. The molecule has 6 nitrogen and oxygen atoms in total. The van der Waals surface area contributed by atoms with Crippen LogP contribution in [0.5, 0.6) is 0 Å². The first-order valence-corrected chi connectivity index (χ1v) is 10.2. The highest BCUT2D eigenvalue weighted by atomic mass is 16.5. The van der Waals surface area contributed by atoms with Gasteiger partial charge in [-0.05, 0) is 31.0 Å². The molecule has 1 aromatic carbocycles. The van der Waals surface area contributed by atoms with Crippen LogP contribution in [0, 0.1) is 12.8 Å². The van der Waals surface area contributed by atoms with E-state index in [1.165, 1.54) is 11.3 Å². The number of rotatable bonds is 6. The molecule has 1 fully saturated rings. The van der Waals surface area contributed by atoms with E-state index >= 15 is 0 Å². The Kier molecular flexibility index (Phi) is 6.10. The second kappa shape index (κ2) is 9.09. The maximum absolute atomic E-state index is 5.94. The topological polar surface area (TPSA) is 54.2 Å². The lowest BCUT2D eigenvalue weighted by Gasteiger charge is -2.21. The lowest BCUT2D eigenvalue weighted by Crippen LogP contribution is -2.39. The number of likely N-dealkylation sites (tertiary alicyclic amines) is 1. The second-order valence-corrected chi connectivity index (χ2v) is 7.63. The minimum absolute atomic E-state index is 0.537. The van der Waals surface area contributed by atoms with Gasteiger partial charge in [-0.15, -0.1) is 0 Å². The summed E-state index contributed by atoms with van der Waals surface area (Å²) in [5.74, 6) is 1.47. The number of aliphatic imine (C=N–C) groups is 1. The van der Waals surface area contributed by atoms with E-state index in [0.29, 0.717) is 19.1 Å². The minimum atomic E-state index is 0.537. The zero-order valence-electron chi connectivity index (χ0n) is 17.2. The van der Waals surface area contributed by atoms with Gasteiger partial charge >= 0.3 is 0 Å². The predicted molar refractivity (Wildman–Crippen MR) is 116 cm³/mol. The van der Waals surface area contributed by atoms with Crippen molar-refractivity contribution in [3.05, 3.63) is 71.7 Å². The maximum Gasteiger partial charge on any atom is 0.193 e. The molecule has 0 radical (unpaired) electrons. The van der Waals surface area contributed by atoms with Crippen molar-refractivity contribution in [1.29, 1.82) is 0 Å². The van der Waals surface area contributed by atoms with Gasteiger partial charge in [0, 0.05) is 37.9 Å². The largest absolute Gasteiger partial charge is 0.376 e. The molecule has 0 amide bonds. The van der Waals surface area contributed by atoms with Gasteiger partial charge in [0.05, 0.1) is 25.5 Å². The van der Waals surface area contributed by atoms with Crippen LogP contribution in [0.25, 0.3) is 5.65 Å². The molecule has 4 rings (SSSR count). The Hall–Kier alpha value is -2.86. The van der Waals surface area contributed by atoms with Crippen molar-refractivity contribution < 1.29 is 4.74 Å². The van der Waals surface area contributed by atoms with Gasteiger partial charge in [0.15, 0.2) is 5.96 Å². The van der Waals surface area contributed by atoms with Crippen LogP contribution in [0.15, 0.2) is 59.7 Å². The quantitative estimate of drug-likeness (QED) is 0.518. The summed E-state index contributed by atoms with van der Waals surface area (Å²) in [6, 6.07) is 16.5. The van der Waals surface area contributed by atoms with Gasteiger partial charge in [0.25, 0.3) is 0 Å². The Morgan fingerprint density at radius 1 is 1.21 bits per heavy atom. The number of ether oxygens (including phenoxy) is 1. The Morgan fingerprint density at radius 2 is 2.07 bits per heavy atom. The fourth-order valence-corrected chi connectivity index (χ4v) is 3.86. The van der Waals surface area contributed by atoms with Crippen molar-refractivity contribution >= 4 is 11.6 Å². The zero-order valence-corrected chi connectivity index (χ0v) is 17.2. The molecule has 29 heavy (non-hydrogen) atoms. The van der Waals surface area contributed by atoms with E-state index in [-0.39, 0.29) is 0 Å². The molecule has 6 heteroatoms. The number of fused-ring (bicyclic) bond motifs is 1. The van der Waals surface area contributed by atoms with Gasteiger partial charge in [-0.25, -0.2) is 4.98 Å². The number of nitrogens with one attached hydrogen (secondary N) is 1. The number of imidazole rings is 1. The molecular formula is C23H29N5O. The third-order valence-corrected chi connectivity index (χ3v) is 5.44. The number of guanidine groups is 1. The summed E-state index contributed by atoms with van der Waals surface area (Å²) in [5.41, 5.74) is 4.40. The molecule has 152 valence electrons. The number of hydrogen-bond donors (Lipinski definition) is 1. The van der Waals surface area contributed by atoms with Crippen molar-refractivity contribution in [3.8, 4) is 0 Å². The fraction of sp³-hybridized carbons (Fsp3) is 0.391. The number of benzene rings is 1. The first-order valence-electron chi connectivity index (χ1n) is 10.2. The molecule has 0 spiro atoms. The number of aryl methyl sites for hydroxylation is 1. The maximum atomic E-state index is 5.94. The van der Waals surface area contributed by atoms with Gasteiger partial charge in [-0.2, -0.15) is 0 Å². The summed E-state index contributed by atoms with van der Waals surface area (Å²) in [7, 11) is 1.84. The van der Waals surface area contributed by atoms with Crippen LogP contribution in [0.2, 0.25) is 0 Å². The molecule has 0 bridgehead atoms. The van der Waals surface area contributed by atoms with E-state index in [4.69, 9.17) is 9.72 Å². The lowest BCUT2D eigenvalue weighted by atomic mass is 10.1. The molecule has 2 aromatic heterocycles. The van der Waals surface area contributed by atoms with Crippen molar-refractivity contribution in [2.75, 3.05) is 26.7 Å². The number of pyridine rings is 1. The number of hydrogen-bond acceptors (Lipinski definition) is 3.